The summed E-state index contributed by atoms with van der Waals surface area (Å²) in [5, 5.41) is 2.80. The smallest absolute Gasteiger partial charge is 0.244 e. The van der Waals surface area contributed by atoms with Gasteiger partial charge in [0.2, 0.25) is 11.8 Å². The molecule has 118 valence electrons. The molecule has 0 saturated carbocycles. The number of carbonyl (C=O) groups is 2. The van der Waals surface area contributed by atoms with Crippen LogP contribution in [-0.2, 0) is 9.59 Å². The third-order valence-corrected chi connectivity index (χ3v) is 4.91. The van der Waals surface area contributed by atoms with E-state index in [4.69, 9.17) is 0 Å². The van der Waals surface area contributed by atoms with Crippen molar-refractivity contribution < 1.29 is 9.59 Å². The number of para-hydroxylation sites is 2. The summed E-state index contributed by atoms with van der Waals surface area (Å²) in [7, 11) is 0. The van der Waals surface area contributed by atoms with E-state index in [-0.39, 0.29) is 18.4 Å². The van der Waals surface area contributed by atoms with Gasteiger partial charge in [0.25, 0.3) is 0 Å². The summed E-state index contributed by atoms with van der Waals surface area (Å²) in [4.78, 5) is 27.1. The summed E-state index contributed by atoms with van der Waals surface area (Å²) >= 11 is 1.52. The van der Waals surface area contributed by atoms with Crippen molar-refractivity contribution in [3.05, 3.63) is 53.6 Å². The topological polar surface area (TPSA) is 49.4 Å². The van der Waals surface area contributed by atoms with Gasteiger partial charge in [0.05, 0.1) is 17.1 Å². The van der Waals surface area contributed by atoms with Crippen LogP contribution in [0.15, 0.2) is 47.4 Å². The molecule has 5 heteroatoms. The molecule has 2 aromatic carbocycles. The Labute approximate surface area is 139 Å². The number of anilines is 2. The summed E-state index contributed by atoms with van der Waals surface area (Å²) in [6.07, 6.45) is 0. The van der Waals surface area contributed by atoms with Gasteiger partial charge < -0.3 is 10.2 Å². The van der Waals surface area contributed by atoms with Gasteiger partial charge in [-0.25, -0.2) is 0 Å². The SMILES string of the molecule is Cc1ccc(C)c(SCC(=O)N2CC(=O)Nc3ccccc32)c1. The van der Waals surface area contributed by atoms with Gasteiger partial charge >= 0.3 is 0 Å². The lowest BCUT2D eigenvalue weighted by atomic mass is 10.2. The van der Waals surface area contributed by atoms with Crippen LogP contribution in [0, 0.1) is 13.8 Å². The van der Waals surface area contributed by atoms with Crippen molar-refractivity contribution >= 4 is 35.0 Å². The quantitative estimate of drug-likeness (QED) is 0.880. The van der Waals surface area contributed by atoms with E-state index >= 15 is 0 Å². The van der Waals surface area contributed by atoms with Gasteiger partial charge in [-0.2, -0.15) is 0 Å². The molecule has 0 bridgehead atoms. The number of amides is 2. The first kappa shape index (κ1) is 15.6. The second-order valence-electron chi connectivity index (χ2n) is 5.60. The monoisotopic (exact) mass is 326 g/mol. The molecule has 0 saturated heterocycles. The van der Waals surface area contributed by atoms with Crippen LogP contribution in [0.1, 0.15) is 11.1 Å². The van der Waals surface area contributed by atoms with Crippen LogP contribution in [-0.4, -0.2) is 24.1 Å². The number of carbonyl (C=O) groups excluding carboxylic acids is 2. The maximum absolute atomic E-state index is 12.6. The fourth-order valence-corrected chi connectivity index (χ4v) is 3.54. The third kappa shape index (κ3) is 3.40. The van der Waals surface area contributed by atoms with Crippen molar-refractivity contribution in [2.24, 2.45) is 0 Å². The highest BCUT2D eigenvalue weighted by atomic mass is 32.2. The average molecular weight is 326 g/mol. The van der Waals surface area contributed by atoms with Crippen molar-refractivity contribution in [2.45, 2.75) is 18.7 Å². The van der Waals surface area contributed by atoms with Gasteiger partial charge in [-0.3, -0.25) is 9.59 Å². The number of rotatable bonds is 3. The number of hydrogen-bond acceptors (Lipinski definition) is 3. The Morgan fingerprint density at radius 1 is 1.22 bits per heavy atom. The number of benzene rings is 2. The zero-order valence-corrected chi connectivity index (χ0v) is 13.9. The van der Waals surface area contributed by atoms with Crippen molar-refractivity contribution in [3.63, 3.8) is 0 Å². The highest BCUT2D eigenvalue weighted by Crippen LogP contribution is 2.30. The Balaban J connectivity index is 1.76. The van der Waals surface area contributed by atoms with E-state index in [0.717, 1.165) is 16.1 Å². The van der Waals surface area contributed by atoms with Crippen molar-refractivity contribution in [3.8, 4) is 0 Å². The molecule has 23 heavy (non-hydrogen) atoms. The summed E-state index contributed by atoms with van der Waals surface area (Å²) in [6, 6.07) is 13.6. The Morgan fingerprint density at radius 2 is 2.00 bits per heavy atom. The highest BCUT2D eigenvalue weighted by molar-refractivity contribution is 8.00. The summed E-state index contributed by atoms with van der Waals surface area (Å²) < 4.78 is 0. The molecule has 0 unspecified atom stereocenters. The Hall–Kier alpha value is -2.27. The van der Waals surface area contributed by atoms with Gasteiger partial charge in [0.15, 0.2) is 0 Å². The van der Waals surface area contributed by atoms with Crippen LogP contribution in [0.3, 0.4) is 0 Å². The maximum atomic E-state index is 12.6. The van der Waals surface area contributed by atoms with E-state index in [1.807, 2.05) is 38.1 Å². The molecule has 0 aromatic heterocycles. The summed E-state index contributed by atoms with van der Waals surface area (Å²) in [5.41, 5.74) is 3.78. The molecule has 1 heterocycles. The lowest BCUT2D eigenvalue weighted by molar-refractivity contribution is -0.120. The molecule has 2 amide bonds. The number of hydrogen-bond donors (Lipinski definition) is 1. The molecular weight excluding hydrogens is 308 g/mol. The lowest BCUT2D eigenvalue weighted by Crippen LogP contribution is -2.43. The molecule has 2 aromatic rings. The first-order valence-electron chi connectivity index (χ1n) is 7.44. The number of thioether (sulfide) groups is 1. The first-order valence-corrected chi connectivity index (χ1v) is 8.42. The van der Waals surface area contributed by atoms with Crippen molar-refractivity contribution in [2.75, 3.05) is 22.5 Å². The molecule has 0 aliphatic carbocycles. The van der Waals surface area contributed by atoms with Gasteiger partial charge in [0.1, 0.15) is 6.54 Å². The number of aryl methyl sites for hydroxylation is 2. The van der Waals surface area contributed by atoms with Gasteiger partial charge in [0, 0.05) is 4.90 Å². The second kappa shape index (κ2) is 6.46. The Morgan fingerprint density at radius 3 is 2.83 bits per heavy atom. The third-order valence-electron chi connectivity index (χ3n) is 3.77. The van der Waals surface area contributed by atoms with E-state index < -0.39 is 0 Å². The van der Waals surface area contributed by atoms with Crippen LogP contribution in [0.5, 0.6) is 0 Å². The first-order chi connectivity index (χ1) is 11.0. The normalized spacial score (nSPS) is 13.5. The molecule has 0 radical (unpaired) electrons. The molecule has 0 spiro atoms. The van der Waals surface area contributed by atoms with E-state index in [0.29, 0.717) is 11.4 Å². The van der Waals surface area contributed by atoms with E-state index in [2.05, 4.69) is 23.5 Å². The van der Waals surface area contributed by atoms with Crippen LogP contribution in [0.4, 0.5) is 11.4 Å². The second-order valence-corrected chi connectivity index (χ2v) is 6.62. The molecule has 3 rings (SSSR count). The van der Waals surface area contributed by atoms with Crippen LogP contribution in [0.2, 0.25) is 0 Å². The van der Waals surface area contributed by atoms with Crippen LogP contribution >= 0.6 is 11.8 Å². The molecule has 0 fully saturated rings. The van der Waals surface area contributed by atoms with Gasteiger partial charge in [-0.05, 0) is 37.6 Å². The van der Waals surface area contributed by atoms with Crippen LogP contribution < -0.4 is 10.2 Å². The van der Waals surface area contributed by atoms with E-state index in [1.54, 1.807) is 4.90 Å². The largest absolute Gasteiger partial charge is 0.323 e. The number of nitrogens with one attached hydrogen (secondary N) is 1. The predicted molar refractivity (Wildman–Crippen MR) is 94.1 cm³/mol. The number of fused-ring (bicyclic) bond motifs is 1. The zero-order valence-electron chi connectivity index (χ0n) is 13.1. The minimum Gasteiger partial charge on any atom is -0.323 e. The average Bonchev–Trinajstić information content (AvgIpc) is 2.54. The van der Waals surface area contributed by atoms with Gasteiger partial charge in [-0.1, -0.05) is 29.8 Å². The molecule has 1 N–H and O–H groups in total. The summed E-state index contributed by atoms with van der Waals surface area (Å²) in [5.74, 6) is 0.0957. The fraction of sp³-hybridized carbons (Fsp3) is 0.222. The Kier molecular flexibility index (Phi) is 4.39. The Bertz CT molecular complexity index is 773. The van der Waals surface area contributed by atoms with Crippen molar-refractivity contribution in [1.82, 2.24) is 0 Å². The number of nitrogens with zero attached hydrogens (tertiary/aromatic N) is 1. The molecular formula is C18H18N2O2S. The highest BCUT2D eigenvalue weighted by Gasteiger charge is 2.26. The van der Waals surface area contributed by atoms with Crippen LogP contribution in [0.25, 0.3) is 0 Å². The van der Waals surface area contributed by atoms with E-state index in [1.165, 1.54) is 17.3 Å². The lowest BCUT2D eigenvalue weighted by Gasteiger charge is -2.29. The minimum atomic E-state index is -0.159. The zero-order chi connectivity index (χ0) is 16.4. The summed E-state index contributed by atoms with van der Waals surface area (Å²) in [6.45, 7) is 4.15. The predicted octanol–water partition coefficient (Wildman–Crippen LogP) is 3.38. The molecule has 1 aliphatic heterocycles. The fourth-order valence-electron chi connectivity index (χ4n) is 2.54. The molecule has 0 atom stereocenters. The van der Waals surface area contributed by atoms with Gasteiger partial charge in [-0.15, -0.1) is 11.8 Å². The molecule has 1 aliphatic rings. The van der Waals surface area contributed by atoms with Crippen molar-refractivity contribution in [1.29, 1.82) is 0 Å². The standard InChI is InChI=1S/C18H18N2O2S/c1-12-7-8-13(2)16(9-12)23-11-18(22)20-10-17(21)19-14-5-3-4-6-15(14)20/h3-9H,10-11H2,1-2H3,(H,19,21). The molecule has 4 nitrogen and oxygen atoms in total. The minimum absolute atomic E-state index is 0.0572. The van der Waals surface area contributed by atoms with E-state index in [9.17, 15) is 9.59 Å². The maximum Gasteiger partial charge on any atom is 0.244 e.